The lowest BCUT2D eigenvalue weighted by Gasteiger charge is -2.38. The zero-order valence-electron chi connectivity index (χ0n) is 16.7. The second-order valence-corrected chi connectivity index (χ2v) is 7.59. The lowest BCUT2D eigenvalue weighted by atomic mass is 9.93. The molecule has 1 heterocycles. The van der Waals surface area contributed by atoms with Crippen molar-refractivity contribution in [3.8, 4) is 5.75 Å². The fraction of sp³-hybridized carbons (Fsp3) is 0.304. The first-order valence-corrected chi connectivity index (χ1v) is 10.1. The molecule has 0 radical (unpaired) electrons. The average Bonchev–Trinajstić information content (AvgIpc) is 2.76. The van der Waals surface area contributed by atoms with E-state index in [-0.39, 0.29) is 17.9 Å². The summed E-state index contributed by atoms with van der Waals surface area (Å²) in [5, 5.41) is 10.7. The van der Waals surface area contributed by atoms with E-state index in [1.807, 2.05) is 0 Å². The van der Waals surface area contributed by atoms with Crippen molar-refractivity contribution in [3.63, 3.8) is 0 Å². The smallest absolute Gasteiger partial charge is 0.348 e. The van der Waals surface area contributed by atoms with Crippen LogP contribution in [0.2, 0.25) is 0 Å². The highest BCUT2D eigenvalue weighted by Crippen LogP contribution is 2.37. The fourth-order valence-electron chi connectivity index (χ4n) is 3.67. The molecule has 0 bridgehead atoms. The van der Waals surface area contributed by atoms with Crippen molar-refractivity contribution < 1.29 is 28.7 Å². The number of carbonyl (C=O) groups excluding carboxylic acids is 2. The van der Waals surface area contributed by atoms with Gasteiger partial charge in [-0.25, -0.2) is 9.59 Å². The maximum atomic E-state index is 12.4. The van der Waals surface area contributed by atoms with Crippen molar-refractivity contribution in [2.75, 3.05) is 0 Å². The van der Waals surface area contributed by atoms with Crippen LogP contribution in [-0.4, -0.2) is 22.6 Å². The zero-order chi connectivity index (χ0) is 21.8. The molecule has 2 aromatic carbocycles. The van der Waals surface area contributed by atoms with Crippen LogP contribution in [0.5, 0.6) is 5.75 Å². The SMILES string of the molecule is O=C1OC2(CCCCC2)OC(=O)C1=Cc1ccc(OCc2ccc([N+](=O)[O-])cc2)cc1. The monoisotopic (exact) mass is 423 g/mol. The topological polar surface area (TPSA) is 105 Å². The predicted molar refractivity (Wildman–Crippen MR) is 110 cm³/mol. The molecule has 4 rings (SSSR count). The van der Waals surface area contributed by atoms with Crippen LogP contribution in [0.3, 0.4) is 0 Å². The molecule has 0 N–H and O–H groups in total. The first-order valence-electron chi connectivity index (χ1n) is 10.1. The molecule has 0 atom stereocenters. The molecule has 1 aliphatic heterocycles. The van der Waals surface area contributed by atoms with Gasteiger partial charge < -0.3 is 14.2 Å². The molecule has 0 aromatic heterocycles. The molecule has 1 spiro atoms. The van der Waals surface area contributed by atoms with Gasteiger partial charge in [-0.05, 0) is 54.3 Å². The normalized spacial score (nSPS) is 17.6. The Kier molecular flexibility index (Phi) is 5.70. The molecule has 1 saturated carbocycles. The molecule has 0 amide bonds. The molecule has 31 heavy (non-hydrogen) atoms. The van der Waals surface area contributed by atoms with Crippen molar-refractivity contribution in [3.05, 3.63) is 75.3 Å². The Hall–Kier alpha value is -3.68. The van der Waals surface area contributed by atoms with Gasteiger partial charge in [-0.2, -0.15) is 0 Å². The number of non-ortho nitro benzene ring substituents is 1. The van der Waals surface area contributed by atoms with Crippen LogP contribution >= 0.6 is 0 Å². The number of benzene rings is 2. The van der Waals surface area contributed by atoms with Crippen molar-refractivity contribution >= 4 is 23.7 Å². The minimum atomic E-state index is -1.10. The summed E-state index contributed by atoms with van der Waals surface area (Å²) in [4.78, 5) is 35.1. The highest BCUT2D eigenvalue weighted by Gasteiger charge is 2.46. The second-order valence-electron chi connectivity index (χ2n) is 7.59. The first kappa shape index (κ1) is 20.6. The second kappa shape index (κ2) is 8.59. The standard InChI is InChI=1S/C23H21NO7/c25-21-20(22(26)31-23(30-21)12-2-1-3-13-23)14-16-6-10-19(11-7-16)29-15-17-4-8-18(9-5-17)24(27)28/h4-11,14H,1-3,12-13,15H2. The van der Waals surface area contributed by atoms with Gasteiger partial charge in [0.2, 0.25) is 0 Å². The summed E-state index contributed by atoms with van der Waals surface area (Å²) >= 11 is 0. The van der Waals surface area contributed by atoms with E-state index in [1.165, 1.54) is 18.2 Å². The number of nitro groups is 1. The number of rotatable bonds is 5. The number of ether oxygens (including phenoxy) is 3. The third-order valence-corrected chi connectivity index (χ3v) is 5.36. The Morgan fingerprint density at radius 1 is 0.935 bits per heavy atom. The molecule has 2 aliphatic rings. The highest BCUT2D eigenvalue weighted by molar-refractivity contribution is 6.18. The van der Waals surface area contributed by atoms with E-state index in [0.29, 0.717) is 24.2 Å². The number of nitro benzene ring substituents is 1. The van der Waals surface area contributed by atoms with Gasteiger partial charge >= 0.3 is 11.9 Å². The van der Waals surface area contributed by atoms with Gasteiger partial charge in [0.05, 0.1) is 4.92 Å². The van der Waals surface area contributed by atoms with E-state index in [4.69, 9.17) is 14.2 Å². The van der Waals surface area contributed by atoms with Gasteiger partial charge in [0.1, 0.15) is 17.9 Å². The Balaban J connectivity index is 1.38. The Labute approximate surface area is 178 Å². The molecule has 0 unspecified atom stereocenters. The van der Waals surface area contributed by atoms with Gasteiger partial charge in [0.25, 0.3) is 11.5 Å². The minimum Gasteiger partial charge on any atom is -0.489 e. The van der Waals surface area contributed by atoms with Crippen LogP contribution in [0.15, 0.2) is 54.1 Å². The number of hydrogen-bond acceptors (Lipinski definition) is 7. The van der Waals surface area contributed by atoms with E-state index in [1.54, 1.807) is 36.4 Å². The van der Waals surface area contributed by atoms with E-state index in [2.05, 4.69) is 0 Å². The molecule has 160 valence electrons. The van der Waals surface area contributed by atoms with Crippen LogP contribution < -0.4 is 4.74 Å². The van der Waals surface area contributed by atoms with Crippen molar-refractivity contribution in [2.24, 2.45) is 0 Å². The van der Waals surface area contributed by atoms with Crippen molar-refractivity contribution in [1.29, 1.82) is 0 Å². The Morgan fingerprint density at radius 2 is 1.55 bits per heavy atom. The maximum Gasteiger partial charge on any atom is 0.348 e. The summed E-state index contributed by atoms with van der Waals surface area (Å²) in [5.41, 5.74) is 1.32. The summed E-state index contributed by atoms with van der Waals surface area (Å²) in [6.07, 6.45) is 5.29. The summed E-state index contributed by atoms with van der Waals surface area (Å²) in [6, 6.07) is 13.0. The third kappa shape index (κ3) is 4.74. The van der Waals surface area contributed by atoms with Crippen molar-refractivity contribution in [2.45, 2.75) is 44.5 Å². The molecule has 1 saturated heterocycles. The largest absolute Gasteiger partial charge is 0.489 e. The predicted octanol–water partition coefficient (Wildman–Crippen LogP) is 4.32. The molecule has 8 nitrogen and oxygen atoms in total. The van der Waals surface area contributed by atoms with Crippen LogP contribution in [-0.2, 0) is 25.7 Å². The average molecular weight is 423 g/mol. The van der Waals surface area contributed by atoms with E-state index < -0.39 is 22.6 Å². The lowest BCUT2D eigenvalue weighted by Crippen LogP contribution is -2.47. The Bertz CT molecular complexity index is 997. The zero-order valence-corrected chi connectivity index (χ0v) is 16.7. The number of hydrogen-bond donors (Lipinski definition) is 0. The maximum absolute atomic E-state index is 12.4. The van der Waals surface area contributed by atoms with E-state index in [0.717, 1.165) is 24.8 Å². The summed E-state index contributed by atoms with van der Waals surface area (Å²) < 4.78 is 16.7. The molecule has 2 fully saturated rings. The van der Waals surface area contributed by atoms with Gasteiger partial charge in [-0.1, -0.05) is 18.6 Å². The van der Waals surface area contributed by atoms with Crippen LogP contribution in [0.4, 0.5) is 5.69 Å². The summed E-state index contributed by atoms with van der Waals surface area (Å²) in [7, 11) is 0. The molecular formula is C23H21NO7. The van der Waals surface area contributed by atoms with Crippen LogP contribution in [0.1, 0.15) is 43.2 Å². The van der Waals surface area contributed by atoms with Gasteiger partial charge in [-0.15, -0.1) is 0 Å². The molecule has 8 heteroatoms. The number of carbonyl (C=O) groups is 2. The van der Waals surface area contributed by atoms with Gasteiger partial charge in [0, 0.05) is 25.0 Å². The minimum absolute atomic E-state index is 0.0234. The third-order valence-electron chi connectivity index (χ3n) is 5.36. The summed E-state index contributed by atoms with van der Waals surface area (Å²) in [6.45, 7) is 0.249. The van der Waals surface area contributed by atoms with Gasteiger partial charge in [0.15, 0.2) is 0 Å². The Morgan fingerprint density at radius 3 is 2.13 bits per heavy atom. The van der Waals surface area contributed by atoms with E-state index in [9.17, 15) is 19.7 Å². The first-order chi connectivity index (χ1) is 14.9. The molecule has 1 aliphatic carbocycles. The molecular weight excluding hydrogens is 402 g/mol. The van der Waals surface area contributed by atoms with E-state index >= 15 is 0 Å². The highest BCUT2D eigenvalue weighted by atomic mass is 16.7. The molecule has 2 aromatic rings. The lowest BCUT2D eigenvalue weighted by molar-refractivity contribution is -0.384. The number of esters is 2. The van der Waals surface area contributed by atoms with Gasteiger partial charge in [-0.3, -0.25) is 10.1 Å². The van der Waals surface area contributed by atoms with Crippen LogP contribution in [0, 0.1) is 10.1 Å². The number of nitrogens with zero attached hydrogens (tertiary/aromatic N) is 1. The van der Waals surface area contributed by atoms with Crippen LogP contribution in [0.25, 0.3) is 6.08 Å². The van der Waals surface area contributed by atoms with Crippen molar-refractivity contribution in [1.82, 2.24) is 0 Å². The summed E-state index contributed by atoms with van der Waals surface area (Å²) in [5.74, 6) is -1.83. The fourth-order valence-corrected chi connectivity index (χ4v) is 3.67. The quantitative estimate of drug-likeness (QED) is 0.232.